The molecule has 0 aliphatic heterocycles. The van der Waals surface area contributed by atoms with Crippen LogP contribution in [0.15, 0.2) is 54.1 Å². The molecule has 0 aliphatic rings. The van der Waals surface area contributed by atoms with Crippen molar-refractivity contribution in [1.29, 1.82) is 5.26 Å². The van der Waals surface area contributed by atoms with Crippen LogP contribution in [0.5, 0.6) is 0 Å². The van der Waals surface area contributed by atoms with Gasteiger partial charge in [-0.3, -0.25) is 4.79 Å². The Morgan fingerprint density at radius 1 is 1.24 bits per heavy atom. The summed E-state index contributed by atoms with van der Waals surface area (Å²) in [4.78, 5) is 12.1. The van der Waals surface area contributed by atoms with Gasteiger partial charge in [0.25, 0.3) is 5.91 Å². The Morgan fingerprint density at radius 2 is 2.00 bits per heavy atom. The molecule has 104 valence electrons. The average molecular weight is 388 g/mol. The quantitative estimate of drug-likeness (QED) is 0.488. The van der Waals surface area contributed by atoms with Crippen LogP contribution in [0.25, 0.3) is 6.08 Å². The molecule has 0 saturated carbocycles. The first-order valence-electron chi connectivity index (χ1n) is 6.34. The van der Waals surface area contributed by atoms with Crippen molar-refractivity contribution >= 4 is 40.3 Å². The van der Waals surface area contributed by atoms with Gasteiger partial charge in [0.05, 0.1) is 0 Å². The third-order valence-electron chi connectivity index (χ3n) is 2.80. The Morgan fingerprint density at radius 3 is 2.67 bits per heavy atom. The number of hydrogen-bond donors (Lipinski definition) is 1. The highest BCUT2D eigenvalue weighted by atomic mass is 127. The average Bonchev–Trinajstić information content (AvgIpc) is 2.44. The van der Waals surface area contributed by atoms with Gasteiger partial charge in [-0.15, -0.1) is 0 Å². The second kappa shape index (κ2) is 7.04. The molecule has 0 fully saturated rings. The predicted molar refractivity (Wildman–Crippen MR) is 92.6 cm³/mol. The van der Waals surface area contributed by atoms with Crippen LogP contribution >= 0.6 is 22.6 Å². The summed E-state index contributed by atoms with van der Waals surface area (Å²) in [5.41, 5.74) is 2.65. The van der Waals surface area contributed by atoms with E-state index in [1.807, 2.05) is 55.5 Å². The van der Waals surface area contributed by atoms with Crippen LogP contribution in [0, 0.1) is 21.8 Å². The number of aryl methyl sites for hydroxylation is 1. The van der Waals surface area contributed by atoms with Crippen molar-refractivity contribution in [2.45, 2.75) is 6.92 Å². The molecule has 0 radical (unpaired) electrons. The predicted octanol–water partition coefficient (Wildman–Crippen LogP) is 4.15. The molecule has 2 aromatic carbocycles. The Balaban J connectivity index is 2.21. The van der Waals surface area contributed by atoms with Gasteiger partial charge in [0, 0.05) is 9.26 Å². The van der Waals surface area contributed by atoms with E-state index in [1.165, 1.54) is 0 Å². The maximum absolute atomic E-state index is 12.1. The van der Waals surface area contributed by atoms with Crippen molar-refractivity contribution in [2.24, 2.45) is 0 Å². The molecule has 0 heterocycles. The summed E-state index contributed by atoms with van der Waals surface area (Å²) in [5, 5.41) is 11.9. The SMILES string of the molecule is Cc1cccc(NC(=O)C(C#N)=Cc2cccc(I)c2)c1. The summed E-state index contributed by atoms with van der Waals surface area (Å²) in [6, 6.07) is 17.0. The van der Waals surface area contributed by atoms with Gasteiger partial charge >= 0.3 is 0 Å². The molecule has 1 amide bonds. The Labute approximate surface area is 137 Å². The van der Waals surface area contributed by atoms with E-state index in [0.29, 0.717) is 5.69 Å². The van der Waals surface area contributed by atoms with Crippen LogP contribution in [-0.4, -0.2) is 5.91 Å². The number of benzene rings is 2. The molecule has 4 heteroatoms. The zero-order chi connectivity index (χ0) is 15.2. The Hall–Kier alpha value is -2.13. The third-order valence-corrected chi connectivity index (χ3v) is 3.47. The van der Waals surface area contributed by atoms with Gasteiger partial charge in [-0.2, -0.15) is 5.26 Å². The molecular weight excluding hydrogens is 375 g/mol. The van der Waals surface area contributed by atoms with Crippen LogP contribution in [0.1, 0.15) is 11.1 Å². The van der Waals surface area contributed by atoms with Gasteiger partial charge in [0.15, 0.2) is 0 Å². The van der Waals surface area contributed by atoms with Crippen LogP contribution in [0.4, 0.5) is 5.69 Å². The minimum absolute atomic E-state index is 0.0820. The lowest BCUT2D eigenvalue weighted by Crippen LogP contribution is -2.13. The first kappa shape index (κ1) is 15.3. The van der Waals surface area contributed by atoms with Gasteiger partial charge in [-0.25, -0.2) is 0 Å². The maximum Gasteiger partial charge on any atom is 0.266 e. The summed E-state index contributed by atoms with van der Waals surface area (Å²) in [6.45, 7) is 1.95. The van der Waals surface area contributed by atoms with E-state index >= 15 is 0 Å². The lowest BCUT2D eigenvalue weighted by Gasteiger charge is -2.05. The number of carbonyl (C=O) groups is 1. The number of rotatable bonds is 3. The fraction of sp³-hybridized carbons (Fsp3) is 0.0588. The highest BCUT2D eigenvalue weighted by Crippen LogP contribution is 2.14. The smallest absolute Gasteiger partial charge is 0.266 e. The molecule has 1 N–H and O–H groups in total. The van der Waals surface area contributed by atoms with Crippen molar-refractivity contribution in [3.63, 3.8) is 0 Å². The number of nitrogens with one attached hydrogen (secondary N) is 1. The molecule has 0 saturated heterocycles. The van der Waals surface area contributed by atoms with E-state index in [9.17, 15) is 10.1 Å². The molecule has 2 aromatic rings. The minimum Gasteiger partial charge on any atom is -0.321 e. The molecule has 0 bridgehead atoms. The first-order valence-corrected chi connectivity index (χ1v) is 7.42. The van der Waals surface area contributed by atoms with Gasteiger partial charge in [0.2, 0.25) is 0 Å². The third kappa shape index (κ3) is 4.43. The highest BCUT2D eigenvalue weighted by Gasteiger charge is 2.09. The fourth-order valence-corrected chi connectivity index (χ4v) is 2.40. The van der Waals surface area contributed by atoms with Gasteiger partial charge in [-0.1, -0.05) is 24.3 Å². The largest absolute Gasteiger partial charge is 0.321 e. The Kier molecular flexibility index (Phi) is 5.12. The molecule has 0 aliphatic carbocycles. The van der Waals surface area contributed by atoms with Crippen molar-refractivity contribution in [2.75, 3.05) is 5.32 Å². The van der Waals surface area contributed by atoms with Crippen LogP contribution in [0.2, 0.25) is 0 Å². The zero-order valence-corrected chi connectivity index (χ0v) is 13.6. The topological polar surface area (TPSA) is 52.9 Å². The number of amides is 1. The van der Waals surface area contributed by atoms with E-state index < -0.39 is 5.91 Å². The van der Waals surface area contributed by atoms with Gasteiger partial charge in [0.1, 0.15) is 11.6 Å². The molecule has 0 spiro atoms. The number of nitriles is 1. The standard InChI is InChI=1S/C17H13IN2O/c1-12-4-2-7-16(8-12)20-17(21)14(11-19)9-13-5-3-6-15(18)10-13/h2-10H,1H3,(H,20,21). The van der Waals surface area contributed by atoms with Crippen LogP contribution in [-0.2, 0) is 4.79 Å². The van der Waals surface area contributed by atoms with Crippen molar-refractivity contribution in [1.82, 2.24) is 0 Å². The normalized spacial score (nSPS) is 10.8. The lowest BCUT2D eigenvalue weighted by atomic mass is 10.1. The highest BCUT2D eigenvalue weighted by molar-refractivity contribution is 14.1. The van der Waals surface area contributed by atoms with Crippen LogP contribution in [0.3, 0.4) is 0 Å². The second-order valence-corrected chi connectivity index (χ2v) is 5.79. The summed E-state index contributed by atoms with van der Waals surface area (Å²) in [5.74, 6) is -0.401. The van der Waals surface area contributed by atoms with E-state index in [2.05, 4.69) is 27.9 Å². The molecular formula is C17H13IN2O. The molecule has 2 rings (SSSR count). The second-order valence-electron chi connectivity index (χ2n) is 4.55. The van der Waals surface area contributed by atoms with Crippen molar-refractivity contribution in [3.8, 4) is 6.07 Å². The lowest BCUT2D eigenvalue weighted by molar-refractivity contribution is -0.112. The summed E-state index contributed by atoms with van der Waals surface area (Å²) in [7, 11) is 0. The van der Waals surface area contributed by atoms with E-state index in [0.717, 1.165) is 14.7 Å². The summed E-state index contributed by atoms with van der Waals surface area (Å²) < 4.78 is 1.05. The fourth-order valence-electron chi connectivity index (χ4n) is 1.83. The number of carbonyl (C=O) groups excluding carboxylic acids is 1. The summed E-state index contributed by atoms with van der Waals surface area (Å²) in [6.07, 6.45) is 1.59. The van der Waals surface area contributed by atoms with Crippen molar-refractivity contribution in [3.05, 3.63) is 68.8 Å². The van der Waals surface area contributed by atoms with Gasteiger partial charge < -0.3 is 5.32 Å². The zero-order valence-electron chi connectivity index (χ0n) is 11.4. The van der Waals surface area contributed by atoms with Gasteiger partial charge in [-0.05, 0) is 71.0 Å². The number of nitrogens with zero attached hydrogens (tertiary/aromatic N) is 1. The molecule has 0 atom stereocenters. The Bertz CT molecular complexity index is 744. The summed E-state index contributed by atoms with van der Waals surface area (Å²) >= 11 is 2.19. The number of hydrogen-bond acceptors (Lipinski definition) is 2. The monoisotopic (exact) mass is 388 g/mol. The van der Waals surface area contributed by atoms with E-state index in [1.54, 1.807) is 12.1 Å². The first-order chi connectivity index (χ1) is 10.1. The molecule has 21 heavy (non-hydrogen) atoms. The molecule has 0 aromatic heterocycles. The minimum atomic E-state index is -0.401. The maximum atomic E-state index is 12.1. The number of anilines is 1. The number of halogens is 1. The van der Waals surface area contributed by atoms with E-state index in [4.69, 9.17) is 0 Å². The molecule has 0 unspecified atom stereocenters. The van der Waals surface area contributed by atoms with E-state index in [-0.39, 0.29) is 5.57 Å². The molecule has 3 nitrogen and oxygen atoms in total. The van der Waals surface area contributed by atoms with Crippen LogP contribution < -0.4 is 5.32 Å². The van der Waals surface area contributed by atoms with Crippen molar-refractivity contribution < 1.29 is 4.79 Å².